The number of nitrogens with zero attached hydrogens (tertiary/aromatic N) is 2. The van der Waals surface area contributed by atoms with Crippen LogP contribution in [0.15, 0.2) is 18.2 Å². The third kappa shape index (κ3) is 3.24. The lowest BCUT2D eigenvalue weighted by molar-refractivity contribution is -0.136. The molecule has 1 amide bonds. The largest absolute Gasteiger partial charge is 0.481 e. The fourth-order valence-corrected chi connectivity index (χ4v) is 3.75. The number of halogens is 1. The number of carboxylic acid groups (broad SMARTS) is 1. The summed E-state index contributed by atoms with van der Waals surface area (Å²) in [4.78, 5) is 29.4. The van der Waals surface area contributed by atoms with E-state index in [2.05, 4.69) is 4.98 Å². The molecule has 1 aromatic heterocycles. The zero-order chi connectivity index (χ0) is 16.6. The average molecular weight is 334 g/mol. The summed E-state index contributed by atoms with van der Waals surface area (Å²) in [7, 11) is 0. The van der Waals surface area contributed by atoms with Crippen LogP contribution >= 0.6 is 11.3 Å². The van der Waals surface area contributed by atoms with Gasteiger partial charge in [0, 0.05) is 30.3 Å². The minimum atomic E-state index is -0.994. The summed E-state index contributed by atoms with van der Waals surface area (Å²) in [6, 6.07) is 4.42. The highest BCUT2D eigenvalue weighted by atomic mass is 32.1. The van der Waals surface area contributed by atoms with E-state index in [-0.39, 0.29) is 12.3 Å². The van der Waals surface area contributed by atoms with Crippen molar-refractivity contribution in [1.82, 2.24) is 9.88 Å². The molecule has 0 aliphatic carbocycles. The SMILES string of the molecule is CC(=O)N1CCc2nc(-c3ccc(CC(=O)O)cc3F)sc2C1. The average Bonchev–Trinajstić information content (AvgIpc) is 2.89. The van der Waals surface area contributed by atoms with E-state index in [9.17, 15) is 14.0 Å². The zero-order valence-electron chi connectivity index (χ0n) is 12.5. The van der Waals surface area contributed by atoms with E-state index in [1.54, 1.807) is 17.0 Å². The molecule has 1 aliphatic heterocycles. The van der Waals surface area contributed by atoms with Gasteiger partial charge in [-0.05, 0) is 17.7 Å². The number of amides is 1. The van der Waals surface area contributed by atoms with Gasteiger partial charge < -0.3 is 10.0 Å². The van der Waals surface area contributed by atoms with Gasteiger partial charge in [0.25, 0.3) is 0 Å². The second-order valence-electron chi connectivity index (χ2n) is 5.46. The molecule has 2 aromatic rings. The number of carboxylic acids is 1. The van der Waals surface area contributed by atoms with Crippen LogP contribution in [0.4, 0.5) is 4.39 Å². The van der Waals surface area contributed by atoms with Crippen LogP contribution < -0.4 is 0 Å². The van der Waals surface area contributed by atoms with Gasteiger partial charge in [0.1, 0.15) is 10.8 Å². The first-order valence-corrected chi connectivity index (χ1v) is 8.00. The molecule has 1 aliphatic rings. The summed E-state index contributed by atoms with van der Waals surface area (Å²) in [6.07, 6.45) is 0.462. The van der Waals surface area contributed by atoms with Crippen LogP contribution in [0.3, 0.4) is 0 Å². The van der Waals surface area contributed by atoms with Crippen molar-refractivity contribution in [3.8, 4) is 10.6 Å². The molecule has 2 heterocycles. The number of aromatic nitrogens is 1. The Morgan fingerprint density at radius 1 is 1.43 bits per heavy atom. The molecule has 0 unspecified atom stereocenters. The van der Waals surface area contributed by atoms with Crippen molar-refractivity contribution in [1.29, 1.82) is 0 Å². The van der Waals surface area contributed by atoms with E-state index in [0.29, 0.717) is 35.6 Å². The molecule has 0 bridgehead atoms. The minimum Gasteiger partial charge on any atom is -0.481 e. The first-order chi connectivity index (χ1) is 10.9. The lowest BCUT2D eigenvalue weighted by atomic mass is 10.1. The van der Waals surface area contributed by atoms with Gasteiger partial charge >= 0.3 is 5.97 Å². The maximum absolute atomic E-state index is 14.3. The van der Waals surface area contributed by atoms with E-state index in [4.69, 9.17) is 5.11 Å². The minimum absolute atomic E-state index is 0.0230. The summed E-state index contributed by atoms with van der Waals surface area (Å²) < 4.78 is 14.3. The molecule has 120 valence electrons. The van der Waals surface area contributed by atoms with Crippen molar-refractivity contribution in [2.24, 2.45) is 0 Å². The molecular formula is C16H15FN2O3S. The van der Waals surface area contributed by atoms with Crippen LogP contribution in [0.25, 0.3) is 10.6 Å². The van der Waals surface area contributed by atoms with E-state index in [1.165, 1.54) is 24.3 Å². The second-order valence-corrected chi connectivity index (χ2v) is 6.55. The molecule has 0 atom stereocenters. The molecule has 0 saturated carbocycles. The number of rotatable bonds is 3. The molecule has 7 heteroatoms. The fourth-order valence-electron chi connectivity index (χ4n) is 2.60. The molecule has 0 fully saturated rings. The highest BCUT2D eigenvalue weighted by molar-refractivity contribution is 7.15. The van der Waals surface area contributed by atoms with Crippen molar-refractivity contribution >= 4 is 23.2 Å². The normalized spacial score (nSPS) is 13.7. The van der Waals surface area contributed by atoms with E-state index in [0.717, 1.165) is 10.6 Å². The summed E-state index contributed by atoms with van der Waals surface area (Å²) in [5.74, 6) is -1.45. The smallest absolute Gasteiger partial charge is 0.307 e. The van der Waals surface area contributed by atoms with Gasteiger partial charge in [-0.15, -0.1) is 11.3 Å². The van der Waals surface area contributed by atoms with E-state index in [1.807, 2.05) is 0 Å². The fraction of sp³-hybridized carbons (Fsp3) is 0.312. The van der Waals surface area contributed by atoms with Crippen molar-refractivity contribution in [3.05, 3.63) is 40.2 Å². The predicted octanol–water partition coefficient (Wildman–Crippen LogP) is 2.48. The van der Waals surface area contributed by atoms with Gasteiger partial charge in [-0.1, -0.05) is 6.07 Å². The van der Waals surface area contributed by atoms with Crippen molar-refractivity contribution in [3.63, 3.8) is 0 Å². The second kappa shape index (κ2) is 6.08. The van der Waals surface area contributed by atoms with Crippen LogP contribution in [-0.4, -0.2) is 33.4 Å². The Kier molecular flexibility index (Phi) is 4.12. The number of hydrogen-bond acceptors (Lipinski definition) is 4. The Balaban J connectivity index is 1.89. The highest BCUT2D eigenvalue weighted by Crippen LogP contribution is 2.33. The molecule has 0 saturated heterocycles. The zero-order valence-corrected chi connectivity index (χ0v) is 13.3. The standard InChI is InChI=1S/C16H15FN2O3S/c1-9(20)19-5-4-13-14(8-19)23-16(18-13)11-3-2-10(6-12(11)17)7-15(21)22/h2-3,6H,4-5,7-8H2,1H3,(H,21,22). The molecule has 23 heavy (non-hydrogen) atoms. The van der Waals surface area contributed by atoms with Gasteiger partial charge in [0.05, 0.1) is 18.7 Å². The van der Waals surface area contributed by atoms with Gasteiger partial charge in [0.2, 0.25) is 5.91 Å². The van der Waals surface area contributed by atoms with Crippen molar-refractivity contribution < 1.29 is 19.1 Å². The molecule has 5 nitrogen and oxygen atoms in total. The molecule has 1 N–H and O–H groups in total. The number of carbonyl (C=O) groups is 2. The molecular weight excluding hydrogens is 319 g/mol. The number of hydrogen-bond donors (Lipinski definition) is 1. The molecule has 3 rings (SSSR count). The van der Waals surface area contributed by atoms with E-state index < -0.39 is 11.8 Å². The number of fused-ring (bicyclic) bond motifs is 1. The topological polar surface area (TPSA) is 70.5 Å². The van der Waals surface area contributed by atoms with Crippen molar-refractivity contribution in [2.75, 3.05) is 6.54 Å². The molecule has 0 spiro atoms. The lowest BCUT2D eigenvalue weighted by Gasteiger charge is -2.24. The Bertz CT molecular complexity index is 788. The number of carbonyl (C=O) groups excluding carboxylic acids is 1. The lowest BCUT2D eigenvalue weighted by Crippen LogP contribution is -2.33. The Morgan fingerprint density at radius 2 is 2.22 bits per heavy atom. The monoisotopic (exact) mass is 334 g/mol. The maximum atomic E-state index is 14.3. The van der Waals surface area contributed by atoms with Crippen LogP contribution in [-0.2, 0) is 29.0 Å². The van der Waals surface area contributed by atoms with Crippen LogP contribution in [0.1, 0.15) is 23.1 Å². The maximum Gasteiger partial charge on any atom is 0.307 e. The van der Waals surface area contributed by atoms with Crippen LogP contribution in [0.5, 0.6) is 0 Å². The molecule has 1 aromatic carbocycles. The van der Waals surface area contributed by atoms with Gasteiger partial charge in [-0.3, -0.25) is 9.59 Å². The number of aliphatic carboxylic acids is 1. The first-order valence-electron chi connectivity index (χ1n) is 7.18. The third-order valence-electron chi connectivity index (χ3n) is 3.80. The van der Waals surface area contributed by atoms with Crippen molar-refractivity contribution in [2.45, 2.75) is 26.3 Å². The summed E-state index contributed by atoms with van der Waals surface area (Å²) in [5, 5.41) is 9.33. The first kappa shape index (κ1) is 15.6. The Hall–Kier alpha value is -2.28. The van der Waals surface area contributed by atoms with Crippen LogP contribution in [0, 0.1) is 5.82 Å². The third-order valence-corrected chi connectivity index (χ3v) is 4.91. The van der Waals surface area contributed by atoms with Gasteiger partial charge in [-0.25, -0.2) is 9.37 Å². The van der Waals surface area contributed by atoms with Gasteiger partial charge in [-0.2, -0.15) is 0 Å². The number of thiazole rings is 1. The highest BCUT2D eigenvalue weighted by Gasteiger charge is 2.23. The Labute approximate surface area is 136 Å². The summed E-state index contributed by atoms with van der Waals surface area (Å²) in [5.41, 5.74) is 1.70. The molecule has 0 radical (unpaired) electrons. The Morgan fingerprint density at radius 3 is 2.87 bits per heavy atom. The predicted molar refractivity (Wildman–Crippen MR) is 83.6 cm³/mol. The summed E-state index contributed by atoms with van der Waals surface area (Å²) >= 11 is 1.38. The van der Waals surface area contributed by atoms with E-state index >= 15 is 0 Å². The number of benzene rings is 1. The van der Waals surface area contributed by atoms with Crippen LogP contribution in [0.2, 0.25) is 0 Å². The quantitative estimate of drug-likeness (QED) is 0.936. The summed E-state index contributed by atoms with van der Waals surface area (Å²) in [6.45, 7) is 2.68. The van der Waals surface area contributed by atoms with Gasteiger partial charge in [0.15, 0.2) is 0 Å².